The molecule has 0 bridgehead atoms. The molecule has 0 aromatic carbocycles. The van der Waals surface area contributed by atoms with Crippen molar-refractivity contribution < 1.29 is 4.79 Å². The number of rotatable bonds is 4. The minimum absolute atomic E-state index is 0.265. The van der Waals surface area contributed by atoms with Gasteiger partial charge in [0, 0.05) is 31.8 Å². The van der Waals surface area contributed by atoms with E-state index in [0.29, 0.717) is 22.6 Å². The monoisotopic (exact) mass is 383 g/mol. The molecule has 0 radical (unpaired) electrons. The maximum Gasteiger partial charge on any atom is 0.271 e. The van der Waals surface area contributed by atoms with E-state index in [1.54, 1.807) is 66.9 Å². The van der Waals surface area contributed by atoms with Crippen molar-refractivity contribution in [3.05, 3.63) is 84.6 Å². The maximum absolute atomic E-state index is 12.9. The van der Waals surface area contributed by atoms with E-state index < -0.39 is 5.54 Å². The van der Waals surface area contributed by atoms with E-state index in [-0.39, 0.29) is 11.6 Å². The van der Waals surface area contributed by atoms with E-state index >= 15 is 0 Å². The molecule has 142 valence electrons. The molecule has 2 N–H and O–H groups in total. The SMILES string of the molecule is Cn1cc(NC(=O)C2=CC=CC(C#N)(c3ccncc3)N2)c(-c2ccccn2)n1. The first-order valence-corrected chi connectivity index (χ1v) is 8.87. The Morgan fingerprint density at radius 3 is 2.79 bits per heavy atom. The van der Waals surface area contributed by atoms with Gasteiger partial charge in [0.05, 0.1) is 11.4 Å². The van der Waals surface area contributed by atoms with Gasteiger partial charge in [-0.3, -0.25) is 19.4 Å². The normalized spacial score (nSPS) is 17.7. The smallest absolute Gasteiger partial charge is 0.271 e. The third-order valence-corrected chi connectivity index (χ3v) is 4.48. The second-order valence-electron chi connectivity index (χ2n) is 6.45. The molecule has 0 saturated carbocycles. The molecule has 1 amide bonds. The Morgan fingerprint density at radius 1 is 1.24 bits per heavy atom. The second-order valence-corrected chi connectivity index (χ2v) is 6.45. The summed E-state index contributed by atoms with van der Waals surface area (Å²) >= 11 is 0. The summed E-state index contributed by atoms with van der Waals surface area (Å²) in [5.41, 5.74) is 1.55. The number of aryl methyl sites for hydroxylation is 1. The molecule has 8 heteroatoms. The molecule has 4 rings (SSSR count). The number of aromatic nitrogens is 4. The molecular formula is C21H17N7O. The summed E-state index contributed by atoms with van der Waals surface area (Å²) in [7, 11) is 1.77. The lowest BCUT2D eigenvalue weighted by Gasteiger charge is -2.29. The quantitative estimate of drug-likeness (QED) is 0.715. The average molecular weight is 383 g/mol. The van der Waals surface area contributed by atoms with E-state index in [0.717, 1.165) is 0 Å². The number of allylic oxidation sites excluding steroid dienone is 2. The minimum Gasteiger partial charge on any atom is -0.356 e. The zero-order valence-electron chi connectivity index (χ0n) is 15.6. The minimum atomic E-state index is -1.15. The average Bonchev–Trinajstić information content (AvgIpc) is 3.15. The molecule has 4 heterocycles. The fourth-order valence-corrected chi connectivity index (χ4v) is 3.09. The predicted octanol–water partition coefficient (Wildman–Crippen LogP) is 2.28. The van der Waals surface area contributed by atoms with Crippen molar-refractivity contribution in [2.24, 2.45) is 7.05 Å². The first-order valence-electron chi connectivity index (χ1n) is 8.87. The van der Waals surface area contributed by atoms with Gasteiger partial charge in [0.15, 0.2) is 5.54 Å². The molecular weight excluding hydrogens is 366 g/mol. The van der Waals surface area contributed by atoms with Gasteiger partial charge < -0.3 is 10.6 Å². The molecule has 0 aliphatic carbocycles. The van der Waals surface area contributed by atoms with Crippen LogP contribution in [0.4, 0.5) is 5.69 Å². The lowest BCUT2D eigenvalue weighted by molar-refractivity contribution is -0.113. The molecule has 0 fully saturated rings. The Bertz CT molecular complexity index is 1140. The van der Waals surface area contributed by atoms with Gasteiger partial charge in [-0.1, -0.05) is 12.1 Å². The van der Waals surface area contributed by atoms with Gasteiger partial charge in [0.1, 0.15) is 17.5 Å². The zero-order chi connectivity index (χ0) is 20.3. The van der Waals surface area contributed by atoms with E-state index in [1.165, 1.54) is 0 Å². The van der Waals surface area contributed by atoms with Crippen molar-refractivity contribution in [2.75, 3.05) is 5.32 Å². The number of nitriles is 1. The van der Waals surface area contributed by atoms with Gasteiger partial charge in [-0.15, -0.1) is 0 Å². The maximum atomic E-state index is 12.9. The number of nitrogens with one attached hydrogen (secondary N) is 2. The summed E-state index contributed by atoms with van der Waals surface area (Å²) in [4.78, 5) is 21.2. The van der Waals surface area contributed by atoms with Crippen LogP contribution >= 0.6 is 0 Å². The van der Waals surface area contributed by atoms with Crippen molar-refractivity contribution in [1.29, 1.82) is 5.26 Å². The third-order valence-electron chi connectivity index (χ3n) is 4.48. The highest BCUT2D eigenvalue weighted by atomic mass is 16.2. The molecule has 3 aromatic heterocycles. The van der Waals surface area contributed by atoms with Crippen LogP contribution in [0.15, 0.2) is 79.0 Å². The number of amides is 1. The first-order chi connectivity index (χ1) is 14.1. The predicted molar refractivity (Wildman–Crippen MR) is 107 cm³/mol. The molecule has 1 aliphatic rings. The van der Waals surface area contributed by atoms with Crippen LogP contribution in [-0.2, 0) is 17.4 Å². The Hall–Kier alpha value is -4.25. The highest BCUT2D eigenvalue weighted by Crippen LogP contribution is 2.28. The van der Waals surface area contributed by atoms with Gasteiger partial charge in [-0.25, -0.2) is 0 Å². The number of carbonyl (C=O) groups is 1. The van der Waals surface area contributed by atoms with Crippen molar-refractivity contribution in [1.82, 2.24) is 25.1 Å². The third kappa shape index (κ3) is 3.49. The van der Waals surface area contributed by atoms with E-state index in [2.05, 4.69) is 31.8 Å². The fourth-order valence-electron chi connectivity index (χ4n) is 3.09. The van der Waals surface area contributed by atoms with Gasteiger partial charge in [-0.05, 0) is 42.0 Å². The second kappa shape index (κ2) is 7.40. The Morgan fingerprint density at radius 2 is 2.07 bits per heavy atom. The van der Waals surface area contributed by atoms with Crippen LogP contribution in [-0.4, -0.2) is 25.7 Å². The van der Waals surface area contributed by atoms with Crippen LogP contribution in [0.25, 0.3) is 11.4 Å². The first kappa shape index (κ1) is 18.1. The van der Waals surface area contributed by atoms with Crippen LogP contribution < -0.4 is 10.6 Å². The van der Waals surface area contributed by atoms with Crippen molar-refractivity contribution in [2.45, 2.75) is 5.54 Å². The van der Waals surface area contributed by atoms with Crippen LogP contribution in [0.2, 0.25) is 0 Å². The molecule has 29 heavy (non-hydrogen) atoms. The van der Waals surface area contributed by atoms with Crippen molar-refractivity contribution in [3.63, 3.8) is 0 Å². The molecule has 3 aromatic rings. The van der Waals surface area contributed by atoms with E-state index in [1.807, 2.05) is 18.2 Å². The summed E-state index contributed by atoms with van der Waals surface area (Å²) in [6.07, 6.45) is 11.6. The summed E-state index contributed by atoms with van der Waals surface area (Å²) in [6, 6.07) is 11.2. The lowest BCUT2D eigenvalue weighted by atomic mass is 9.89. The van der Waals surface area contributed by atoms with Crippen LogP contribution in [0.5, 0.6) is 0 Å². The van der Waals surface area contributed by atoms with Gasteiger partial charge in [-0.2, -0.15) is 10.4 Å². The summed E-state index contributed by atoms with van der Waals surface area (Å²) in [5.74, 6) is -0.381. The fraction of sp³-hybridized carbons (Fsp3) is 0.0952. The number of carbonyl (C=O) groups excluding carboxylic acids is 1. The Kier molecular flexibility index (Phi) is 4.63. The summed E-state index contributed by atoms with van der Waals surface area (Å²) in [5, 5.41) is 20.1. The van der Waals surface area contributed by atoms with E-state index in [4.69, 9.17) is 0 Å². The standard InChI is InChI=1S/C21H17N7O/c1-28-13-18(19(27-28)16-5-2-3-10-24-16)25-20(29)17-6-4-9-21(14-22,26-17)15-7-11-23-12-8-15/h2-13,26H,1H3,(H,25,29). The lowest BCUT2D eigenvalue weighted by Crippen LogP contribution is -2.43. The molecule has 8 nitrogen and oxygen atoms in total. The van der Waals surface area contributed by atoms with Gasteiger partial charge >= 0.3 is 0 Å². The number of hydrogen-bond donors (Lipinski definition) is 2. The topological polar surface area (TPSA) is 109 Å². The summed E-state index contributed by atoms with van der Waals surface area (Å²) in [6.45, 7) is 0. The Labute approximate surface area is 167 Å². The number of pyridine rings is 2. The summed E-state index contributed by atoms with van der Waals surface area (Å²) < 4.78 is 1.61. The molecule has 1 atom stereocenters. The van der Waals surface area contributed by atoms with Crippen LogP contribution in [0.3, 0.4) is 0 Å². The van der Waals surface area contributed by atoms with Crippen LogP contribution in [0, 0.1) is 11.3 Å². The molecule has 0 spiro atoms. The highest BCUT2D eigenvalue weighted by Gasteiger charge is 2.33. The number of hydrogen-bond acceptors (Lipinski definition) is 6. The van der Waals surface area contributed by atoms with Gasteiger partial charge in [0.2, 0.25) is 0 Å². The Balaban J connectivity index is 1.60. The van der Waals surface area contributed by atoms with E-state index in [9.17, 15) is 10.1 Å². The molecule has 1 unspecified atom stereocenters. The zero-order valence-corrected chi connectivity index (χ0v) is 15.6. The van der Waals surface area contributed by atoms with Crippen molar-refractivity contribution >= 4 is 11.6 Å². The number of dihydropyridines is 1. The highest BCUT2D eigenvalue weighted by molar-refractivity contribution is 6.05. The van der Waals surface area contributed by atoms with Crippen LogP contribution in [0.1, 0.15) is 5.56 Å². The van der Waals surface area contributed by atoms with Crippen molar-refractivity contribution in [3.8, 4) is 17.5 Å². The number of nitrogens with zero attached hydrogens (tertiary/aromatic N) is 5. The van der Waals surface area contributed by atoms with Gasteiger partial charge in [0.25, 0.3) is 5.91 Å². The molecule has 0 saturated heterocycles. The number of anilines is 1. The molecule has 1 aliphatic heterocycles. The largest absolute Gasteiger partial charge is 0.356 e.